The van der Waals surface area contributed by atoms with Gasteiger partial charge in [-0.1, -0.05) is 0 Å². The minimum Gasteiger partial charge on any atom is -0.342 e. The van der Waals surface area contributed by atoms with Gasteiger partial charge < -0.3 is 10.6 Å². The van der Waals surface area contributed by atoms with Crippen LogP contribution in [0.4, 0.5) is 0 Å². The van der Waals surface area contributed by atoms with Crippen LogP contribution in [0.3, 0.4) is 0 Å². The van der Waals surface area contributed by atoms with E-state index in [-0.39, 0.29) is 0 Å². The van der Waals surface area contributed by atoms with Gasteiger partial charge in [-0.3, -0.25) is 0 Å². The Morgan fingerprint density at radius 2 is 1.40 bits per heavy atom. The molecule has 2 fully saturated rings. The van der Waals surface area contributed by atoms with E-state index in [0.717, 1.165) is 10.2 Å². The normalized spacial score (nSPS) is 22.8. The molecule has 6 heteroatoms. The number of fused-ring (bicyclic) bond motifs is 1. The molecule has 0 aromatic carbocycles. The fourth-order valence-electron chi connectivity index (χ4n) is 1.00. The van der Waals surface area contributed by atoms with Crippen molar-refractivity contribution in [3.8, 4) is 0 Å². The molecule has 0 spiro atoms. The molecule has 4 nitrogen and oxygen atoms in total. The van der Waals surface area contributed by atoms with Gasteiger partial charge in [-0.2, -0.15) is 0 Å². The van der Waals surface area contributed by atoms with Crippen LogP contribution >= 0.6 is 24.4 Å². The Balaban J connectivity index is 2.24. The van der Waals surface area contributed by atoms with E-state index in [9.17, 15) is 0 Å². The van der Waals surface area contributed by atoms with E-state index in [4.69, 9.17) is 24.4 Å². The number of nitrogens with zero attached hydrogens (tertiary/aromatic N) is 2. The molecule has 0 aliphatic carbocycles. The largest absolute Gasteiger partial charge is 0.342 e. The summed E-state index contributed by atoms with van der Waals surface area (Å²) in [6.45, 7) is 1.40. The molecular weight excluding hydrogens is 168 g/mol. The Bertz CT molecular complexity index is 181. The monoisotopic (exact) mass is 174 g/mol. The van der Waals surface area contributed by atoms with Crippen LogP contribution < -0.4 is 10.6 Å². The van der Waals surface area contributed by atoms with Gasteiger partial charge in [0, 0.05) is 0 Å². The molecule has 2 aliphatic heterocycles. The summed E-state index contributed by atoms with van der Waals surface area (Å²) in [6, 6.07) is 0. The van der Waals surface area contributed by atoms with E-state index in [1.807, 2.05) is 10.0 Å². The van der Waals surface area contributed by atoms with Crippen molar-refractivity contribution in [3.63, 3.8) is 0 Å². The van der Waals surface area contributed by atoms with Crippen molar-refractivity contribution in [2.45, 2.75) is 0 Å². The van der Waals surface area contributed by atoms with Gasteiger partial charge in [0.05, 0.1) is 0 Å². The first kappa shape index (κ1) is 6.11. The van der Waals surface area contributed by atoms with Crippen LogP contribution in [-0.4, -0.2) is 33.6 Å². The molecule has 0 aromatic rings. The number of nitrogens with one attached hydrogen (secondary N) is 2. The standard InChI is InChI=1S/C4H6N4S2/c9-3-5-1-7-4(10)6-2-8(3)7/h1-2H2,(H,5,9)(H,6,10). The summed E-state index contributed by atoms with van der Waals surface area (Å²) in [5.41, 5.74) is 0. The molecule has 0 bridgehead atoms. The zero-order chi connectivity index (χ0) is 7.14. The van der Waals surface area contributed by atoms with Gasteiger partial charge in [-0.15, -0.1) is 0 Å². The van der Waals surface area contributed by atoms with Gasteiger partial charge in [0.25, 0.3) is 0 Å². The van der Waals surface area contributed by atoms with Gasteiger partial charge in [-0.05, 0) is 24.4 Å². The van der Waals surface area contributed by atoms with E-state index in [2.05, 4.69) is 10.6 Å². The lowest BCUT2D eigenvalue weighted by molar-refractivity contribution is 0.211. The molecule has 2 aliphatic rings. The summed E-state index contributed by atoms with van der Waals surface area (Å²) in [5.74, 6) is 0. The molecule has 54 valence electrons. The first-order valence-corrected chi connectivity index (χ1v) is 3.71. The minimum absolute atomic E-state index is 0.699. The third kappa shape index (κ3) is 0.657. The molecule has 2 rings (SSSR count). The maximum absolute atomic E-state index is 4.98. The molecule has 10 heavy (non-hydrogen) atoms. The summed E-state index contributed by atoms with van der Waals surface area (Å²) < 4.78 is 0. The van der Waals surface area contributed by atoms with Crippen molar-refractivity contribution in [1.29, 1.82) is 0 Å². The van der Waals surface area contributed by atoms with Crippen LogP contribution in [-0.2, 0) is 0 Å². The SMILES string of the molecule is S=C1NCN2C(=S)NCN12. The molecule has 0 atom stereocenters. The van der Waals surface area contributed by atoms with Gasteiger partial charge in [0.2, 0.25) is 0 Å². The lowest BCUT2D eigenvalue weighted by atomic mass is 10.9. The Morgan fingerprint density at radius 3 is 1.80 bits per heavy atom. The van der Waals surface area contributed by atoms with Crippen molar-refractivity contribution < 1.29 is 0 Å². The van der Waals surface area contributed by atoms with Crippen LogP contribution in [0.25, 0.3) is 0 Å². The minimum atomic E-state index is 0.699. The fraction of sp³-hybridized carbons (Fsp3) is 0.500. The van der Waals surface area contributed by atoms with Crippen LogP contribution in [0, 0.1) is 0 Å². The van der Waals surface area contributed by atoms with Gasteiger partial charge in [0.15, 0.2) is 10.2 Å². The number of hydrogen-bond acceptors (Lipinski definition) is 2. The highest BCUT2D eigenvalue weighted by Crippen LogP contribution is 2.09. The Morgan fingerprint density at radius 1 is 1.00 bits per heavy atom. The van der Waals surface area contributed by atoms with E-state index in [0.29, 0.717) is 13.3 Å². The molecule has 2 N–H and O–H groups in total. The van der Waals surface area contributed by atoms with Gasteiger partial charge in [-0.25, -0.2) is 10.0 Å². The third-order valence-corrected chi connectivity index (χ3v) is 2.23. The topological polar surface area (TPSA) is 30.5 Å². The molecule has 0 unspecified atom stereocenters. The van der Waals surface area contributed by atoms with Crippen LogP contribution in [0.15, 0.2) is 0 Å². The lowest BCUT2D eigenvalue weighted by Gasteiger charge is -2.15. The molecular formula is C4H6N4S2. The second-order valence-corrected chi connectivity index (χ2v) is 2.85. The Hall–Kier alpha value is -0.620. The molecule has 0 saturated carbocycles. The number of hydrogen-bond donors (Lipinski definition) is 2. The smallest absolute Gasteiger partial charge is 0.191 e. The molecule has 0 amide bonds. The van der Waals surface area contributed by atoms with Crippen molar-refractivity contribution in [2.75, 3.05) is 13.3 Å². The van der Waals surface area contributed by atoms with Crippen molar-refractivity contribution in [2.24, 2.45) is 0 Å². The molecule has 2 heterocycles. The van der Waals surface area contributed by atoms with E-state index in [1.54, 1.807) is 0 Å². The third-order valence-electron chi connectivity index (χ3n) is 1.52. The second-order valence-electron chi connectivity index (χ2n) is 2.08. The van der Waals surface area contributed by atoms with Crippen molar-refractivity contribution >= 4 is 34.7 Å². The van der Waals surface area contributed by atoms with Crippen molar-refractivity contribution in [1.82, 2.24) is 20.7 Å². The van der Waals surface area contributed by atoms with Gasteiger partial charge >= 0.3 is 0 Å². The van der Waals surface area contributed by atoms with E-state index < -0.39 is 0 Å². The summed E-state index contributed by atoms with van der Waals surface area (Å²) in [4.78, 5) is 0. The van der Waals surface area contributed by atoms with Crippen molar-refractivity contribution in [3.05, 3.63) is 0 Å². The summed E-state index contributed by atoms with van der Waals surface area (Å²) in [5, 5.41) is 11.3. The maximum Gasteiger partial charge on any atom is 0.191 e. The number of thiocarbonyl (C=S) groups is 2. The molecule has 0 radical (unpaired) electrons. The lowest BCUT2D eigenvalue weighted by Crippen LogP contribution is -2.33. The highest BCUT2D eigenvalue weighted by Gasteiger charge is 2.32. The predicted octanol–water partition coefficient (Wildman–Crippen LogP) is -0.803. The fourth-order valence-corrected chi connectivity index (χ4v) is 1.46. The first-order chi connectivity index (χ1) is 4.79. The average Bonchev–Trinajstić information content (AvgIpc) is 2.41. The number of hydrazine groups is 1. The van der Waals surface area contributed by atoms with Gasteiger partial charge in [0.1, 0.15) is 13.3 Å². The number of rotatable bonds is 0. The predicted molar refractivity (Wildman–Crippen MR) is 44.9 cm³/mol. The van der Waals surface area contributed by atoms with Crippen LogP contribution in [0.5, 0.6) is 0 Å². The van der Waals surface area contributed by atoms with Crippen LogP contribution in [0.1, 0.15) is 0 Å². The maximum atomic E-state index is 4.98. The first-order valence-electron chi connectivity index (χ1n) is 2.90. The summed E-state index contributed by atoms with van der Waals surface area (Å²) in [6.07, 6.45) is 0. The Labute approximate surface area is 69.1 Å². The Kier molecular flexibility index (Phi) is 1.18. The molecule has 0 aromatic heterocycles. The summed E-state index contributed by atoms with van der Waals surface area (Å²) in [7, 11) is 0. The van der Waals surface area contributed by atoms with E-state index in [1.165, 1.54) is 0 Å². The van der Waals surface area contributed by atoms with E-state index >= 15 is 0 Å². The quantitative estimate of drug-likeness (QED) is 0.467. The second kappa shape index (κ2) is 1.93. The highest BCUT2D eigenvalue weighted by molar-refractivity contribution is 7.80. The summed E-state index contributed by atoms with van der Waals surface area (Å²) >= 11 is 9.97. The van der Waals surface area contributed by atoms with Crippen LogP contribution in [0.2, 0.25) is 0 Å². The average molecular weight is 174 g/mol. The zero-order valence-corrected chi connectivity index (χ0v) is 6.76. The molecule has 2 saturated heterocycles. The highest BCUT2D eigenvalue weighted by atomic mass is 32.1. The zero-order valence-electron chi connectivity index (χ0n) is 5.13.